The molecule has 2 aromatic rings. The fourth-order valence-corrected chi connectivity index (χ4v) is 1.73. The first kappa shape index (κ1) is 14.8. The van der Waals surface area contributed by atoms with Gasteiger partial charge in [-0.05, 0) is 36.4 Å². The summed E-state index contributed by atoms with van der Waals surface area (Å²) in [6.07, 6.45) is 1.60. The number of nitrogens with zero attached hydrogens (tertiary/aromatic N) is 1. The smallest absolute Gasteiger partial charge is 0.341 e. The van der Waals surface area contributed by atoms with Crippen molar-refractivity contribution in [3.63, 3.8) is 0 Å². The zero-order valence-electron chi connectivity index (χ0n) is 11.7. The number of nitrogens with two attached hydrogens (primary N) is 1. The minimum atomic E-state index is -0.437. The third kappa shape index (κ3) is 3.93. The molecule has 3 N–H and O–H groups in total. The van der Waals surface area contributed by atoms with Gasteiger partial charge < -0.3 is 20.5 Å². The summed E-state index contributed by atoms with van der Waals surface area (Å²) < 4.78 is 10.1. The number of esters is 1. The van der Waals surface area contributed by atoms with E-state index in [-0.39, 0.29) is 0 Å². The Morgan fingerprint density at radius 3 is 2.71 bits per heavy atom. The van der Waals surface area contributed by atoms with Crippen LogP contribution >= 0.6 is 0 Å². The van der Waals surface area contributed by atoms with Crippen molar-refractivity contribution in [3.05, 3.63) is 48.2 Å². The van der Waals surface area contributed by atoms with E-state index in [0.29, 0.717) is 24.5 Å². The molecule has 21 heavy (non-hydrogen) atoms. The lowest BCUT2D eigenvalue weighted by molar-refractivity contribution is 0.0601. The van der Waals surface area contributed by atoms with Crippen LogP contribution in [0.1, 0.15) is 10.4 Å². The highest BCUT2D eigenvalue weighted by atomic mass is 16.5. The van der Waals surface area contributed by atoms with E-state index in [9.17, 15) is 4.79 Å². The SMILES string of the molecule is COC(=O)c1cccnc1Nc1ccc(OCCN)cc1. The monoisotopic (exact) mass is 287 g/mol. The fraction of sp³-hybridized carbons (Fsp3) is 0.200. The Morgan fingerprint density at radius 2 is 2.05 bits per heavy atom. The minimum absolute atomic E-state index is 0.378. The lowest BCUT2D eigenvalue weighted by Gasteiger charge is -2.10. The molecule has 1 heterocycles. The van der Waals surface area contributed by atoms with Crippen molar-refractivity contribution in [1.82, 2.24) is 4.98 Å². The van der Waals surface area contributed by atoms with E-state index >= 15 is 0 Å². The second-order valence-corrected chi connectivity index (χ2v) is 4.18. The van der Waals surface area contributed by atoms with E-state index in [0.717, 1.165) is 11.4 Å². The molecule has 0 aliphatic rings. The van der Waals surface area contributed by atoms with E-state index in [1.165, 1.54) is 7.11 Å². The number of anilines is 2. The van der Waals surface area contributed by atoms with Gasteiger partial charge in [0, 0.05) is 18.4 Å². The molecule has 0 bridgehead atoms. The van der Waals surface area contributed by atoms with Crippen molar-refractivity contribution >= 4 is 17.5 Å². The third-order valence-electron chi connectivity index (χ3n) is 2.72. The van der Waals surface area contributed by atoms with Crippen molar-refractivity contribution < 1.29 is 14.3 Å². The van der Waals surface area contributed by atoms with Gasteiger partial charge in [0.25, 0.3) is 0 Å². The number of benzene rings is 1. The topological polar surface area (TPSA) is 86.5 Å². The van der Waals surface area contributed by atoms with Crippen molar-refractivity contribution in [1.29, 1.82) is 0 Å². The van der Waals surface area contributed by atoms with E-state index in [1.807, 2.05) is 24.3 Å². The molecular formula is C15H17N3O3. The lowest BCUT2D eigenvalue weighted by atomic mass is 10.2. The van der Waals surface area contributed by atoms with Gasteiger partial charge in [0.05, 0.1) is 7.11 Å². The summed E-state index contributed by atoms with van der Waals surface area (Å²) in [6.45, 7) is 0.940. The van der Waals surface area contributed by atoms with Crippen molar-refractivity contribution in [2.45, 2.75) is 0 Å². The molecule has 0 atom stereocenters. The number of ether oxygens (including phenoxy) is 2. The van der Waals surface area contributed by atoms with Gasteiger partial charge in [-0.2, -0.15) is 0 Å². The molecule has 0 saturated heterocycles. The molecule has 6 heteroatoms. The van der Waals surface area contributed by atoms with Crippen LogP contribution in [0.4, 0.5) is 11.5 Å². The molecule has 2 rings (SSSR count). The average molecular weight is 287 g/mol. The zero-order valence-corrected chi connectivity index (χ0v) is 11.7. The molecule has 0 amide bonds. The van der Waals surface area contributed by atoms with Crippen LogP contribution in [0.2, 0.25) is 0 Å². The number of methoxy groups -OCH3 is 1. The van der Waals surface area contributed by atoms with Crippen LogP contribution in [-0.4, -0.2) is 31.2 Å². The number of aromatic nitrogens is 1. The predicted molar refractivity (Wildman–Crippen MR) is 79.9 cm³/mol. The summed E-state index contributed by atoms with van der Waals surface area (Å²) in [7, 11) is 1.34. The summed E-state index contributed by atoms with van der Waals surface area (Å²) in [6, 6.07) is 10.6. The van der Waals surface area contributed by atoms with Crippen LogP contribution in [0.25, 0.3) is 0 Å². The highest BCUT2D eigenvalue weighted by molar-refractivity contribution is 5.95. The number of pyridine rings is 1. The van der Waals surface area contributed by atoms with Crippen molar-refractivity contribution in [2.24, 2.45) is 5.73 Å². The molecule has 0 aliphatic carbocycles. The fourth-order valence-electron chi connectivity index (χ4n) is 1.73. The lowest BCUT2D eigenvalue weighted by Crippen LogP contribution is -2.10. The van der Waals surface area contributed by atoms with Crippen LogP contribution in [0.5, 0.6) is 5.75 Å². The molecule has 0 saturated carbocycles. The van der Waals surface area contributed by atoms with Crippen molar-refractivity contribution in [3.8, 4) is 5.75 Å². The summed E-state index contributed by atoms with van der Waals surface area (Å²) in [5.41, 5.74) is 6.55. The van der Waals surface area contributed by atoms with Gasteiger partial charge in [0.1, 0.15) is 23.7 Å². The van der Waals surface area contributed by atoms with E-state index in [2.05, 4.69) is 10.3 Å². The molecule has 0 aliphatic heterocycles. The summed E-state index contributed by atoms with van der Waals surface area (Å²) in [5.74, 6) is 0.744. The Morgan fingerprint density at radius 1 is 1.29 bits per heavy atom. The summed E-state index contributed by atoms with van der Waals surface area (Å²) in [5, 5.41) is 3.08. The molecule has 1 aromatic heterocycles. The van der Waals surface area contributed by atoms with Gasteiger partial charge in [0.15, 0.2) is 0 Å². The van der Waals surface area contributed by atoms with E-state index < -0.39 is 5.97 Å². The number of nitrogens with one attached hydrogen (secondary N) is 1. The van der Waals surface area contributed by atoms with Gasteiger partial charge in [-0.1, -0.05) is 0 Å². The van der Waals surface area contributed by atoms with E-state index in [4.69, 9.17) is 15.2 Å². The first-order valence-corrected chi connectivity index (χ1v) is 6.48. The Balaban J connectivity index is 2.13. The van der Waals surface area contributed by atoms with Gasteiger partial charge in [-0.15, -0.1) is 0 Å². The Hall–Kier alpha value is -2.60. The van der Waals surface area contributed by atoms with Gasteiger partial charge >= 0.3 is 5.97 Å². The van der Waals surface area contributed by atoms with Gasteiger partial charge in [0.2, 0.25) is 0 Å². The van der Waals surface area contributed by atoms with Crippen molar-refractivity contribution in [2.75, 3.05) is 25.6 Å². The maximum atomic E-state index is 11.7. The Kier molecular flexibility index (Phi) is 5.11. The van der Waals surface area contributed by atoms with Gasteiger partial charge in [-0.25, -0.2) is 9.78 Å². The zero-order chi connectivity index (χ0) is 15.1. The van der Waals surface area contributed by atoms with Gasteiger partial charge in [-0.3, -0.25) is 0 Å². The largest absolute Gasteiger partial charge is 0.492 e. The average Bonchev–Trinajstić information content (AvgIpc) is 2.54. The number of carbonyl (C=O) groups excluding carboxylic acids is 1. The first-order chi connectivity index (χ1) is 10.2. The van der Waals surface area contributed by atoms with Crippen LogP contribution in [-0.2, 0) is 4.74 Å². The molecule has 0 spiro atoms. The molecule has 0 unspecified atom stereocenters. The second kappa shape index (κ2) is 7.25. The molecule has 110 valence electrons. The number of hydrogen-bond acceptors (Lipinski definition) is 6. The standard InChI is InChI=1S/C15H17N3O3/c1-20-15(19)13-3-2-9-17-14(13)18-11-4-6-12(7-5-11)21-10-8-16/h2-7,9H,8,10,16H2,1H3,(H,17,18). The second-order valence-electron chi connectivity index (χ2n) is 4.18. The number of hydrogen-bond donors (Lipinski definition) is 2. The quantitative estimate of drug-likeness (QED) is 0.790. The molecular weight excluding hydrogens is 270 g/mol. The summed E-state index contributed by atoms with van der Waals surface area (Å²) >= 11 is 0. The maximum Gasteiger partial charge on any atom is 0.341 e. The number of rotatable bonds is 6. The van der Waals surface area contributed by atoms with Crippen LogP contribution in [0.3, 0.4) is 0 Å². The van der Waals surface area contributed by atoms with Crippen LogP contribution in [0.15, 0.2) is 42.6 Å². The minimum Gasteiger partial charge on any atom is -0.492 e. The first-order valence-electron chi connectivity index (χ1n) is 6.48. The molecule has 1 aromatic carbocycles. The highest BCUT2D eigenvalue weighted by Crippen LogP contribution is 2.21. The number of carbonyl (C=O) groups is 1. The van der Waals surface area contributed by atoms with E-state index in [1.54, 1.807) is 18.3 Å². The third-order valence-corrected chi connectivity index (χ3v) is 2.72. The maximum absolute atomic E-state index is 11.7. The van der Waals surface area contributed by atoms with Crippen LogP contribution < -0.4 is 15.8 Å². The molecule has 0 radical (unpaired) electrons. The normalized spacial score (nSPS) is 10.0. The Bertz CT molecular complexity index is 599. The molecule has 0 fully saturated rings. The van der Waals surface area contributed by atoms with Crippen LogP contribution in [0, 0.1) is 0 Å². The summed E-state index contributed by atoms with van der Waals surface area (Å²) in [4.78, 5) is 15.8. The Labute approximate surface area is 122 Å². The molecule has 6 nitrogen and oxygen atoms in total. The highest BCUT2D eigenvalue weighted by Gasteiger charge is 2.12. The predicted octanol–water partition coefficient (Wildman–Crippen LogP) is 1.95.